The average Bonchev–Trinajstić information content (AvgIpc) is 3.28. The molecule has 3 N–H and O–H groups in total. The van der Waals surface area contributed by atoms with Gasteiger partial charge in [0.15, 0.2) is 11.6 Å². The first kappa shape index (κ1) is 14.9. The minimum absolute atomic E-state index is 0.308. The summed E-state index contributed by atoms with van der Waals surface area (Å²) in [5.74, 6) is 1.19. The van der Waals surface area contributed by atoms with Crippen molar-refractivity contribution in [2.75, 3.05) is 12.4 Å². The second kappa shape index (κ2) is 6.08. The van der Waals surface area contributed by atoms with E-state index in [9.17, 15) is 4.79 Å². The summed E-state index contributed by atoms with van der Waals surface area (Å²) < 4.78 is 4.97. The predicted molar refractivity (Wildman–Crippen MR) is 92.4 cm³/mol. The summed E-state index contributed by atoms with van der Waals surface area (Å²) in [7, 11) is 1.52. The number of para-hydroxylation sites is 2. The number of fused-ring (bicyclic) bond motifs is 1. The van der Waals surface area contributed by atoms with Crippen LogP contribution in [0.4, 0.5) is 5.82 Å². The first-order valence-electron chi connectivity index (χ1n) is 7.55. The highest BCUT2D eigenvalue weighted by Gasteiger charge is 2.12. The van der Waals surface area contributed by atoms with E-state index in [4.69, 9.17) is 4.74 Å². The van der Waals surface area contributed by atoms with E-state index < -0.39 is 0 Å². The molecule has 0 spiro atoms. The van der Waals surface area contributed by atoms with Crippen LogP contribution in [0.2, 0.25) is 0 Å². The van der Waals surface area contributed by atoms with Crippen LogP contribution >= 0.6 is 0 Å². The molecule has 4 aromatic rings. The maximum Gasteiger partial charge on any atom is 0.258 e. The normalized spacial score (nSPS) is 10.8. The Bertz CT molecular complexity index is 1000. The molecule has 1 amide bonds. The van der Waals surface area contributed by atoms with Crippen molar-refractivity contribution in [1.82, 2.24) is 25.1 Å². The van der Waals surface area contributed by atoms with Gasteiger partial charge in [0.1, 0.15) is 5.69 Å². The van der Waals surface area contributed by atoms with Gasteiger partial charge in [0, 0.05) is 18.3 Å². The Morgan fingerprint density at radius 3 is 2.84 bits per heavy atom. The van der Waals surface area contributed by atoms with Crippen LogP contribution < -0.4 is 10.1 Å². The van der Waals surface area contributed by atoms with Gasteiger partial charge >= 0.3 is 0 Å². The number of H-pyrrole nitrogens is 2. The van der Waals surface area contributed by atoms with Crippen molar-refractivity contribution in [3.05, 3.63) is 54.2 Å². The number of hydrogen-bond donors (Lipinski definition) is 3. The molecule has 0 bridgehead atoms. The quantitative estimate of drug-likeness (QED) is 0.531. The lowest BCUT2D eigenvalue weighted by Gasteiger charge is -2.02. The summed E-state index contributed by atoms with van der Waals surface area (Å²) in [4.78, 5) is 23.9. The molecular formula is C17H14N6O2. The average molecular weight is 334 g/mol. The number of imidazole rings is 1. The number of nitrogens with zero attached hydrogens (tertiary/aromatic N) is 3. The number of aromatic nitrogens is 5. The highest BCUT2D eigenvalue weighted by molar-refractivity contribution is 6.03. The minimum atomic E-state index is -0.308. The fourth-order valence-corrected chi connectivity index (χ4v) is 2.41. The van der Waals surface area contributed by atoms with E-state index in [2.05, 4.69) is 30.5 Å². The Morgan fingerprint density at radius 2 is 2.08 bits per heavy atom. The largest absolute Gasteiger partial charge is 0.481 e. The summed E-state index contributed by atoms with van der Waals surface area (Å²) in [5, 5.41) is 9.68. The number of amides is 1. The molecule has 0 saturated carbocycles. The monoisotopic (exact) mass is 334 g/mol. The second-order valence-electron chi connectivity index (χ2n) is 5.31. The standard InChI is InChI=1S/C17H14N6O2/c1-25-15-7-6-10(9-18-15)17(24)21-14-8-13(22-23-14)16-19-11-4-2-3-5-12(11)20-16/h2-9H,1H3,(H,19,20)(H2,21,22,23,24). The highest BCUT2D eigenvalue weighted by atomic mass is 16.5. The number of ether oxygens (including phenoxy) is 1. The van der Waals surface area contributed by atoms with Crippen LogP contribution in [-0.4, -0.2) is 38.2 Å². The Balaban J connectivity index is 1.53. The Kier molecular flexibility index (Phi) is 3.62. The number of anilines is 1. The number of carbonyl (C=O) groups is 1. The molecule has 0 atom stereocenters. The molecular weight excluding hydrogens is 320 g/mol. The van der Waals surface area contributed by atoms with E-state index in [1.807, 2.05) is 24.3 Å². The third kappa shape index (κ3) is 2.92. The van der Waals surface area contributed by atoms with E-state index in [0.29, 0.717) is 28.8 Å². The molecule has 0 aliphatic carbocycles. The minimum Gasteiger partial charge on any atom is -0.481 e. The SMILES string of the molecule is COc1ccc(C(=O)Nc2cc(-c3nc4ccccc4[nH]3)[nH]n2)cn1. The van der Waals surface area contributed by atoms with Crippen LogP contribution in [0.3, 0.4) is 0 Å². The van der Waals surface area contributed by atoms with E-state index >= 15 is 0 Å². The Hall–Kier alpha value is -3.68. The van der Waals surface area contributed by atoms with Crippen LogP contribution in [0.1, 0.15) is 10.4 Å². The van der Waals surface area contributed by atoms with Gasteiger partial charge in [0.05, 0.1) is 23.7 Å². The number of pyridine rings is 1. The molecule has 0 unspecified atom stereocenters. The summed E-state index contributed by atoms with van der Waals surface area (Å²) in [6.07, 6.45) is 1.45. The van der Waals surface area contributed by atoms with Gasteiger partial charge in [0.2, 0.25) is 5.88 Å². The lowest BCUT2D eigenvalue weighted by Crippen LogP contribution is -2.12. The van der Waals surface area contributed by atoms with Crippen LogP contribution in [-0.2, 0) is 0 Å². The molecule has 124 valence electrons. The van der Waals surface area contributed by atoms with Crippen molar-refractivity contribution in [2.45, 2.75) is 0 Å². The number of nitrogens with one attached hydrogen (secondary N) is 3. The Morgan fingerprint density at radius 1 is 1.20 bits per heavy atom. The molecule has 0 aliphatic heterocycles. The topological polar surface area (TPSA) is 109 Å². The fraction of sp³-hybridized carbons (Fsp3) is 0.0588. The van der Waals surface area contributed by atoms with E-state index in [0.717, 1.165) is 11.0 Å². The second-order valence-corrected chi connectivity index (χ2v) is 5.31. The van der Waals surface area contributed by atoms with Crippen molar-refractivity contribution < 1.29 is 9.53 Å². The molecule has 4 rings (SSSR count). The number of aromatic amines is 2. The van der Waals surface area contributed by atoms with Crippen molar-refractivity contribution in [3.8, 4) is 17.4 Å². The molecule has 0 fully saturated rings. The number of methoxy groups -OCH3 is 1. The summed E-state index contributed by atoms with van der Waals surface area (Å²) >= 11 is 0. The van der Waals surface area contributed by atoms with Crippen LogP contribution in [0, 0.1) is 0 Å². The smallest absolute Gasteiger partial charge is 0.258 e. The van der Waals surface area contributed by atoms with Gasteiger partial charge in [0.25, 0.3) is 5.91 Å². The molecule has 1 aromatic carbocycles. The van der Waals surface area contributed by atoms with Gasteiger partial charge in [-0.25, -0.2) is 9.97 Å². The van der Waals surface area contributed by atoms with Gasteiger partial charge in [-0.2, -0.15) is 5.10 Å². The molecule has 0 aliphatic rings. The molecule has 8 heteroatoms. The first-order valence-corrected chi connectivity index (χ1v) is 7.55. The zero-order valence-corrected chi connectivity index (χ0v) is 13.3. The van der Waals surface area contributed by atoms with Crippen LogP contribution in [0.15, 0.2) is 48.7 Å². The Labute approximate surface area is 142 Å². The molecule has 3 aromatic heterocycles. The number of hydrogen-bond acceptors (Lipinski definition) is 5. The van der Waals surface area contributed by atoms with Crippen molar-refractivity contribution >= 4 is 22.8 Å². The van der Waals surface area contributed by atoms with E-state index in [1.54, 1.807) is 18.2 Å². The van der Waals surface area contributed by atoms with Gasteiger partial charge in [-0.05, 0) is 18.2 Å². The highest BCUT2D eigenvalue weighted by Crippen LogP contribution is 2.21. The summed E-state index contributed by atoms with van der Waals surface area (Å²) in [6.45, 7) is 0. The van der Waals surface area contributed by atoms with Gasteiger partial charge in [-0.1, -0.05) is 12.1 Å². The van der Waals surface area contributed by atoms with Gasteiger partial charge in [-0.3, -0.25) is 9.89 Å². The maximum absolute atomic E-state index is 12.2. The van der Waals surface area contributed by atoms with Crippen molar-refractivity contribution in [1.29, 1.82) is 0 Å². The third-order valence-corrected chi connectivity index (χ3v) is 3.67. The lowest BCUT2D eigenvalue weighted by atomic mass is 10.2. The molecule has 8 nitrogen and oxygen atoms in total. The van der Waals surface area contributed by atoms with Crippen molar-refractivity contribution in [3.63, 3.8) is 0 Å². The fourth-order valence-electron chi connectivity index (χ4n) is 2.41. The third-order valence-electron chi connectivity index (χ3n) is 3.67. The number of carbonyl (C=O) groups excluding carboxylic acids is 1. The van der Waals surface area contributed by atoms with Gasteiger partial charge < -0.3 is 15.0 Å². The molecule has 25 heavy (non-hydrogen) atoms. The molecule has 0 radical (unpaired) electrons. The van der Waals surface area contributed by atoms with E-state index in [1.165, 1.54) is 13.3 Å². The maximum atomic E-state index is 12.2. The van der Waals surface area contributed by atoms with Gasteiger partial charge in [-0.15, -0.1) is 0 Å². The van der Waals surface area contributed by atoms with E-state index in [-0.39, 0.29) is 5.91 Å². The zero-order chi connectivity index (χ0) is 17.2. The summed E-state index contributed by atoms with van der Waals surface area (Å²) in [6, 6.07) is 12.7. The predicted octanol–water partition coefficient (Wildman–Crippen LogP) is 2.61. The summed E-state index contributed by atoms with van der Waals surface area (Å²) in [5.41, 5.74) is 2.89. The van der Waals surface area contributed by atoms with Crippen LogP contribution in [0.25, 0.3) is 22.6 Å². The van der Waals surface area contributed by atoms with Crippen molar-refractivity contribution in [2.24, 2.45) is 0 Å². The lowest BCUT2D eigenvalue weighted by molar-refractivity contribution is 0.102. The number of benzene rings is 1. The first-order chi connectivity index (χ1) is 12.2. The zero-order valence-electron chi connectivity index (χ0n) is 13.3. The number of rotatable bonds is 4. The van der Waals surface area contributed by atoms with Crippen LogP contribution in [0.5, 0.6) is 5.88 Å². The molecule has 0 saturated heterocycles. The molecule has 3 heterocycles.